The molecule has 1 N–H and O–H groups in total. The molecule has 148 valence electrons. The molecule has 0 spiro atoms. The van der Waals surface area contributed by atoms with Crippen LogP contribution in [0.2, 0.25) is 0 Å². The van der Waals surface area contributed by atoms with Gasteiger partial charge in [0, 0.05) is 24.5 Å². The Balaban J connectivity index is 1.44. The minimum atomic E-state index is -0.404. The number of anilines is 2. The zero-order valence-electron chi connectivity index (χ0n) is 16.7. The van der Waals surface area contributed by atoms with Crippen LogP contribution in [0.4, 0.5) is 11.4 Å². The van der Waals surface area contributed by atoms with Crippen molar-refractivity contribution in [1.82, 2.24) is 0 Å². The molecule has 1 aliphatic rings. The number of rotatable bonds is 6. The number of benzene rings is 2. The SMILES string of the molecule is Cc1ccc(CC(=O)OCC(=O)Nc2ccc(N3CCCCC3)cc2)cc1C. The van der Waals surface area contributed by atoms with E-state index in [2.05, 4.69) is 10.2 Å². The fourth-order valence-electron chi connectivity index (χ4n) is 3.38. The van der Waals surface area contributed by atoms with Crippen molar-refractivity contribution in [3.63, 3.8) is 0 Å². The summed E-state index contributed by atoms with van der Waals surface area (Å²) in [4.78, 5) is 26.4. The van der Waals surface area contributed by atoms with E-state index in [1.807, 2.05) is 56.3 Å². The predicted octanol–water partition coefficient (Wildman–Crippen LogP) is 4.02. The van der Waals surface area contributed by atoms with Crippen LogP contribution in [-0.2, 0) is 20.7 Å². The Morgan fingerprint density at radius 2 is 1.68 bits per heavy atom. The second-order valence-corrected chi connectivity index (χ2v) is 7.40. The van der Waals surface area contributed by atoms with Crippen molar-refractivity contribution in [3.05, 3.63) is 59.2 Å². The van der Waals surface area contributed by atoms with Crippen molar-refractivity contribution in [3.8, 4) is 0 Å². The monoisotopic (exact) mass is 380 g/mol. The molecule has 0 aromatic heterocycles. The quantitative estimate of drug-likeness (QED) is 0.769. The summed E-state index contributed by atoms with van der Waals surface area (Å²) in [7, 11) is 0. The number of amides is 1. The van der Waals surface area contributed by atoms with Gasteiger partial charge >= 0.3 is 5.97 Å². The molecule has 2 aromatic carbocycles. The van der Waals surface area contributed by atoms with Crippen molar-refractivity contribution in [2.75, 3.05) is 29.9 Å². The van der Waals surface area contributed by atoms with Gasteiger partial charge in [0.2, 0.25) is 0 Å². The molecule has 0 bridgehead atoms. The van der Waals surface area contributed by atoms with Gasteiger partial charge in [-0.25, -0.2) is 0 Å². The first-order valence-electron chi connectivity index (χ1n) is 9.88. The van der Waals surface area contributed by atoms with Crippen LogP contribution >= 0.6 is 0 Å². The normalized spacial score (nSPS) is 13.9. The van der Waals surface area contributed by atoms with Crippen LogP contribution in [0.15, 0.2) is 42.5 Å². The zero-order chi connectivity index (χ0) is 19.9. The van der Waals surface area contributed by atoms with Gasteiger partial charge in [0.25, 0.3) is 5.91 Å². The van der Waals surface area contributed by atoms with Gasteiger partial charge in [0.05, 0.1) is 6.42 Å². The fourth-order valence-corrected chi connectivity index (χ4v) is 3.38. The Labute approximate surface area is 166 Å². The smallest absolute Gasteiger partial charge is 0.310 e. The summed E-state index contributed by atoms with van der Waals surface area (Å²) in [6.45, 7) is 5.93. The third-order valence-corrected chi connectivity index (χ3v) is 5.16. The summed E-state index contributed by atoms with van der Waals surface area (Å²) in [6.07, 6.45) is 3.92. The number of esters is 1. The van der Waals surface area contributed by atoms with Crippen LogP contribution < -0.4 is 10.2 Å². The highest BCUT2D eigenvalue weighted by molar-refractivity contribution is 5.93. The molecule has 1 saturated heterocycles. The fraction of sp³-hybridized carbons (Fsp3) is 0.391. The number of hydrogen-bond acceptors (Lipinski definition) is 4. The molecule has 0 aliphatic carbocycles. The summed E-state index contributed by atoms with van der Waals surface area (Å²) >= 11 is 0. The van der Waals surface area contributed by atoms with Crippen molar-refractivity contribution in [2.45, 2.75) is 39.5 Å². The summed E-state index contributed by atoms with van der Waals surface area (Å²) in [5.74, 6) is -0.738. The summed E-state index contributed by atoms with van der Waals surface area (Å²) in [5, 5.41) is 2.77. The van der Waals surface area contributed by atoms with Gasteiger partial charge in [-0.1, -0.05) is 18.2 Å². The summed E-state index contributed by atoms with van der Waals surface area (Å²) in [5.41, 5.74) is 5.09. The Hall–Kier alpha value is -2.82. The Morgan fingerprint density at radius 3 is 2.36 bits per heavy atom. The third kappa shape index (κ3) is 5.59. The molecular formula is C23H28N2O3. The van der Waals surface area contributed by atoms with E-state index in [0.29, 0.717) is 5.69 Å². The van der Waals surface area contributed by atoms with Gasteiger partial charge in [0.15, 0.2) is 6.61 Å². The number of hydrogen-bond donors (Lipinski definition) is 1. The van der Waals surface area contributed by atoms with Crippen LogP contribution in [0, 0.1) is 13.8 Å². The van der Waals surface area contributed by atoms with Crippen molar-refractivity contribution in [1.29, 1.82) is 0 Å². The van der Waals surface area contributed by atoms with Crippen molar-refractivity contribution in [2.24, 2.45) is 0 Å². The van der Waals surface area contributed by atoms with E-state index in [0.717, 1.165) is 24.2 Å². The number of carbonyl (C=O) groups is 2. The summed E-state index contributed by atoms with van der Waals surface area (Å²) in [6, 6.07) is 13.7. The number of aryl methyl sites for hydroxylation is 2. The molecule has 1 amide bonds. The number of nitrogens with zero attached hydrogens (tertiary/aromatic N) is 1. The lowest BCUT2D eigenvalue weighted by Crippen LogP contribution is -2.29. The maximum Gasteiger partial charge on any atom is 0.310 e. The van der Waals surface area contributed by atoms with E-state index >= 15 is 0 Å². The highest BCUT2D eigenvalue weighted by Crippen LogP contribution is 2.21. The average Bonchev–Trinajstić information content (AvgIpc) is 2.70. The van der Waals surface area contributed by atoms with Crippen LogP contribution in [0.1, 0.15) is 36.0 Å². The van der Waals surface area contributed by atoms with Crippen molar-refractivity contribution >= 4 is 23.3 Å². The minimum absolute atomic E-state index is 0.166. The van der Waals surface area contributed by atoms with E-state index in [4.69, 9.17) is 4.74 Å². The molecule has 28 heavy (non-hydrogen) atoms. The zero-order valence-corrected chi connectivity index (χ0v) is 16.7. The third-order valence-electron chi connectivity index (χ3n) is 5.16. The van der Waals surface area contributed by atoms with E-state index in [-0.39, 0.29) is 18.9 Å². The maximum absolute atomic E-state index is 12.1. The molecule has 2 aromatic rings. The molecule has 3 rings (SSSR count). The van der Waals surface area contributed by atoms with Crippen LogP contribution in [-0.4, -0.2) is 31.6 Å². The number of nitrogens with one attached hydrogen (secondary N) is 1. The Bertz CT molecular complexity index is 824. The second-order valence-electron chi connectivity index (χ2n) is 7.40. The van der Waals surface area contributed by atoms with Gasteiger partial charge in [0.1, 0.15) is 0 Å². The standard InChI is InChI=1S/C23H28N2O3/c1-17-6-7-19(14-18(17)2)15-23(27)28-16-22(26)24-20-8-10-21(11-9-20)25-12-4-3-5-13-25/h6-11,14H,3-5,12-13,15-16H2,1-2H3,(H,24,26). The van der Waals surface area contributed by atoms with E-state index < -0.39 is 5.97 Å². The van der Waals surface area contributed by atoms with E-state index in [9.17, 15) is 9.59 Å². The first-order chi connectivity index (χ1) is 13.5. The van der Waals surface area contributed by atoms with Gasteiger partial charge < -0.3 is 15.0 Å². The molecule has 1 fully saturated rings. The molecule has 0 saturated carbocycles. The average molecular weight is 380 g/mol. The van der Waals surface area contributed by atoms with Gasteiger partial charge in [-0.05, 0) is 74.1 Å². The number of ether oxygens (including phenoxy) is 1. The summed E-state index contributed by atoms with van der Waals surface area (Å²) < 4.78 is 5.11. The lowest BCUT2D eigenvalue weighted by atomic mass is 10.0. The van der Waals surface area contributed by atoms with E-state index in [1.54, 1.807) is 0 Å². The number of carbonyl (C=O) groups excluding carboxylic acids is 2. The molecule has 0 radical (unpaired) electrons. The number of piperidine rings is 1. The van der Waals surface area contributed by atoms with Crippen LogP contribution in [0.3, 0.4) is 0 Å². The van der Waals surface area contributed by atoms with Crippen LogP contribution in [0.5, 0.6) is 0 Å². The molecule has 1 heterocycles. The molecular weight excluding hydrogens is 352 g/mol. The molecule has 5 heteroatoms. The maximum atomic E-state index is 12.1. The van der Waals surface area contributed by atoms with E-state index in [1.165, 1.54) is 30.5 Å². The topological polar surface area (TPSA) is 58.6 Å². The van der Waals surface area contributed by atoms with Crippen molar-refractivity contribution < 1.29 is 14.3 Å². The molecule has 5 nitrogen and oxygen atoms in total. The minimum Gasteiger partial charge on any atom is -0.455 e. The highest BCUT2D eigenvalue weighted by atomic mass is 16.5. The Morgan fingerprint density at radius 1 is 0.964 bits per heavy atom. The second kappa shape index (κ2) is 9.40. The molecule has 1 aliphatic heterocycles. The van der Waals surface area contributed by atoms with Gasteiger partial charge in [-0.15, -0.1) is 0 Å². The van der Waals surface area contributed by atoms with Crippen LogP contribution in [0.25, 0.3) is 0 Å². The van der Waals surface area contributed by atoms with Gasteiger partial charge in [-0.2, -0.15) is 0 Å². The van der Waals surface area contributed by atoms with Gasteiger partial charge in [-0.3, -0.25) is 9.59 Å². The lowest BCUT2D eigenvalue weighted by molar-refractivity contribution is -0.146. The highest BCUT2D eigenvalue weighted by Gasteiger charge is 2.12. The first kappa shape index (κ1) is 19.9. The first-order valence-corrected chi connectivity index (χ1v) is 9.88. The molecule has 0 unspecified atom stereocenters. The molecule has 0 atom stereocenters. The lowest BCUT2D eigenvalue weighted by Gasteiger charge is -2.28. The predicted molar refractivity (Wildman–Crippen MR) is 112 cm³/mol. The largest absolute Gasteiger partial charge is 0.455 e. The Kier molecular flexibility index (Phi) is 6.69.